The van der Waals surface area contributed by atoms with Gasteiger partial charge < -0.3 is 10.0 Å². The Hall–Kier alpha value is -2.90. The molecule has 3 N–H and O–H groups in total. The van der Waals surface area contributed by atoms with Crippen LogP contribution in [-0.4, -0.2) is 40.2 Å². The standard InChI is InChI=1S/C16H19N3O5/c20-13(6-7-15(22)23)17-18-16(24)12-8-14(21)19(10-12)9-11-4-2-1-3-5-11/h1-5,12H,6-10H2,(H,17,20)(H,18,24)(H,22,23). The number of hydrogen-bond acceptors (Lipinski definition) is 4. The quantitative estimate of drug-likeness (QED) is 0.636. The van der Waals surface area contributed by atoms with E-state index in [-0.39, 0.29) is 31.7 Å². The van der Waals surface area contributed by atoms with E-state index < -0.39 is 23.7 Å². The number of aliphatic carboxylic acids is 1. The van der Waals surface area contributed by atoms with Gasteiger partial charge >= 0.3 is 5.97 Å². The number of carboxylic acid groups (broad SMARTS) is 1. The number of hydrogen-bond donors (Lipinski definition) is 3. The van der Waals surface area contributed by atoms with Gasteiger partial charge in [-0.25, -0.2) is 0 Å². The highest BCUT2D eigenvalue weighted by atomic mass is 16.4. The Balaban J connectivity index is 1.78. The maximum absolute atomic E-state index is 12.0. The number of benzene rings is 1. The van der Waals surface area contributed by atoms with Crippen LogP contribution in [0.3, 0.4) is 0 Å². The van der Waals surface area contributed by atoms with Crippen molar-refractivity contribution in [3.8, 4) is 0 Å². The summed E-state index contributed by atoms with van der Waals surface area (Å²) in [5, 5.41) is 8.48. The van der Waals surface area contributed by atoms with Gasteiger partial charge in [-0.15, -0.1) is 0 Å². The number of likely N-dealkylation sites (tertiary alicyclic amines) is 1. The maximum Gasteiger partial charge on any atom is 0.303 e. The number of carbonyl (C=O) groups is 4. The van der Waals surface area contributed by atoms with Gasteiger partial charge in [0.2, 0.25) is 17.7 Å². The first-order valence-corrected chi connectivity index (χ1v) is 7.58. The molecule has 0 aliphatic carbocycles. The Bertz CT molecular complexity index is 632. The molecule has 1 aromatic rings. The zero-order valence-electron chi connectivity index (χ0n) is 13.0. The van der Waals surface area contributed by atoms with Crippen LogP contribution in [0.15, 0.2) is 30.3 Å². The van der Waals surface area contributed by atoms with Crippen LogP contribution in [0.4, 0.5) is 0 Å². The third kappa shape index (κ3) is 5.08. The number of carboxylic acids is 1. The topological polar surface area (TPSA) is 116 Å². The lowest BCUT2D eigenvalue weighted by Crippen LogP contribution is -2.45. The second kappa shape index (κ2) is 8.09. The molecule has 0 aromatic heterocycles. The summed E-state index contributed by atoms with van der Waals surface area (Å²) in [5.41, 5.74) is 5.39. The van der Waals surface area contributed by atoms with Crippen molar-refractivity contribution in [2.45, 2.75) is 25.8 Å². The number of hydrazine groups is 1. The van der Waals surface area contributed by atoms with Crippen LogP contribution in [0, 0.1) is 5.92 Å². The summed E-state index contributed by atoms with van der Waals surface area (Å²) in [6.45, 7) is 0.721. The van der Waals surface area contributed by atoms with Gasteiger partial charge in [0.05, 0.1) is 12.3 Å². The van der Waals surface area contributed by atoms with Crippen LogP contribution in [0.5, 0.6) is 0 Å². The molecule has 128 valence electrons. The SMILES string of the molecule is O=C(O)CCC(=O)NNC(=O)C1CC(=O)N(Cc2ccccc2)C1. The molecule has 8 nitrogen and oxygen atoms in total. The number of nitrogens with one attached hydrogen (secondary N) is 2. The van der Waals surface area contributed by atoms with E-state index in [9.17, 15) is 19.2 Å². The van der Waals surface area contributed by atoms with Gasteiger partial charge in [0.25, 0.3) is 0 Å². The Kier molecular flexibility index (Phi) is 5.89. The molecular formula is C16H19N3O5. The van der Waals surface area contributed by atoms with E-state index in [4.69, 9.17) is 5.11 Å². The van der Waals surface area contributed by atoms with Crippen molar-refractivity contribution in [3.05, 3.63) is 35.9 Å². The van der Waals surface area contributed by atoms with Gasteiger partial charge in [-0.2, -0.15) is 0 Å². The lowest BCUT2D eigenvalue weighted by Gasteiger charge is -2.16. The van der Waals surface area contributed by atoms with Crippen LogP contribution >= 0.6 is 0 Å². The Morgan fingerprint density at radius 1 is 1.12 bits per heavy atom. The average molecular weight is 333 g/mol. The van der Waals surface area contributed by atoms with Crippen LogP contribution < -0.4 is 10.9 Å². The lowest BCUT2D eigenvalue weighted by atomic mass is 10.1. The van der Waals surface area contributed by atoms with Gasteiger partial charge in [0.15, 0.2) is 0 Å². The third-order valence-corrected chi connectivity index (χ3v) is 3.69. The summed E-state index contributed by atoms with van der Waals surface area (Å²) in [7, 11) is 0. The molecule has 1 heterocycles. The molecule has 0 saturated carbocycles. The zero-order valence-corrected chi connectivity index (χ0v) is 13.0. The number of nitrogens with zero attached hydrogens (tertiary/aromatic N) is 1. The van der Waals surface area contributed by atoms with E-state index in [0.717, 1.165) is 5.56 Å². The van der Waals surface area contributed by atoms with Gasteiger partial charge in [0.1, 0.15) is 0 Å². The Morgan fingerprint density at radius 2 is 1.83 bits per heavy atom. The summed E-state index contributed by atoms with van der Waals surface area (Å²) in [6, 6.07) is 9.46. The van der Waals surface area contributed by atoms with Crippen molar-refractivity contribution in [1.29, 1.82) is 0 Å². The predicted octanol–water partition coefficient (Wildman–Crippen LogP) is 0.0473. The summed E-state index contributed by atoms with van der Waals surface area (Å²) in [6.07, 6.45) is -0.447. The molecule has 1 aliphatic rings. The van der Waals surface area contributed by atoms with Crippen molar-refractivity contribution in [1.82, 2.24) is 15.8 Å². The molecule has 1 fully saturated rings. The minimum absolute atomic E-state index is 0.0870. The predicted molar refractivity (Wildman–Crippen MR) is 83.1 cm³/mol. The second-order valence-electron chi connectivity index (χ2n) is 5.59. The number of carbonyl (C=O) groups excluding carboxylic acids is 3. The smallest absolute Gasteiger partial charge is 0.303 e. The first kappa shape index (κ1) is 17.5. The molecule has 8 heteroatoms. The number of rotatable bonds is 6. The molecular weight excluding hydrogens is 314 g/mol. The van der Waals surface area contributed by atoms with E-state index in [2.05, 4.69) is 10.9 Å². The molecule has 1 unspecified atom stereocenters. The number of amides is 3. The molecule has 0 bridgehead atoms. The van der Waals surface area contributed by atoms with Crippen molar-refractivity contribution in [2.24, 2.45) is 5.92 Å². The molecule has 2 rings (SSSR count). The first-order chi connectivity index (χ1) is 11.5. The van der Waals surface area contributed by atoms with Crippen LogP contribution in [-0.2, 0) is 25.7 Å². The second-order valence-corrected chi connectivity index (χ2v) is 5.59. The largest absolute Gasteiger partial charge is 0.481 e. The fourth-order valence-electron chi connectivity index (χ4n) is 2.42. The van der Waals surface area contributed by atoms with E-state index in [1.807, 2.05) is 30.3 Å². The lowest BCUT2D eigenvalue weighted by molar-refractivity contribution is -0.139. The summed E-state index contributed by atoms with van der Waals surface area (Å²) >= 11 is 0. The molecule has 1 atom stereocenters. The molecule has 1 aromatic carbocycles. The van der Waals surface area contributed by atoms with E-state index >= 15 is 0 Å². The van der Waals surface area contributed by atoms with Crippen LogP contribution in [0.1, 0.15) is 24.8 Å². The van der Waals surface area contributed by atoms with Crippen LogP contribution in [0.25, 0.3) is 0 Å². The minimum atomic E-state index is -1.09. The van der Waals surface area contributed by atoms with Gasteiger partial charge in [-0.3, -0.25) is 30.0 Å². The van der Waals surface area contributed by atoms with Crippen molar-refractivity contribution < 1.29 is 24.3 Å². The Labute approximate surface area is 138 Å². The third-order valence-electron chi connectivity index (χ3n) is 3.69. The summed E-state index contributed by atoms with van der Waals surface area (Å²) < 4.78 is 0. The fourth-order valence-corrected chi connectivity index (χ4v) is 2.42. The van der Waals surface area contributed by atoms with Crippen molar-refractivity contribution in [2.75, 3.05) is 6.54 Å². The molecule has 3 amide bonds. The van der Waals surface area contributed by atoms with Crippen molar-refractivity contribution in [3.63, 3.8) is 0 Å². The molecule has 0 radical (unpaired) electrons. The Morgan fingerprint density at radius 3 is 2.50 bits per heavy atom. The molecule has 24 heavy (non-hydrogen) atoms. The van der Waals surface area contributed by atoms with E-state index in [1.165, 1.54) is 0 Å². The minimum Gasteiger partial charge on any atom is -0.481 e. The van der Waals surface area contributed by atoms with Crippen molar-refractivity contribution >= 4 is 23.7 Å². The van der Waals surface area contributed by atoms with Crippen LogP contribution in [0.2, 0.25) is 0 Å². The highest BCUT2D eigenvalue weighted by Crippen LogP contribution is 2.20. The molecule has 0 spiro atoms. The van der Waals surface area contributed by atoms with E-state index in [1.54, 1.807) is 4.90 Å². The zero-order chi connectivity index (χ0) is 17.5. The molecule has 1 aliphatic heterocycles. The molecule has 1 saturated heterocycles. The highest BCUT2D eigenvalue weighted by molar-refractivity contribution is 5.90. The van der Waals surface area contributed by atoms with Gasteiger partial charge in [-0.1, -0.05) is 30.3 Å². The fraction of sp³-hybridized carbons (Fsp3) is 0.375. The maximum atomic E-state index is 12.0. The monoisotopic (exact) mass is 333 g/mol. The van der Waals surface area contributed by atoms with Gasteiger partial charge in [-0.05, 0) is 5.56 Å². The summed E-state index contributed by atoms with van der Waals surface area (Å²) in [5.74, 6) is -2.79. The summed E-state index contributed by atoms with van der Waals surface area (Å²) in [4.78, 5) is 47.3. The highest BCUT2D eigenvalue weighted by Gasteiger charge is 2.34. The first-order valence-electron chi connectivity index (χ1n) is 7.58. The van der Waals surface area contributed by atoms with E-state index in [0.29, 0.717) is 6.54 Å². The van der Waals surface area contributed by atoms with Gasteiger partial charge in [0, 0.05) is 25.9 Å². The normalized spacial score (nSPS) is 16.8. The average Bonchev–Trinajstić information content (AvgIpc) is 2.92.